The summed E-state index contributed by atoms with van der Waals surface area (Å²) in [4.78, 5) is 14.0. The topological polar surface area (TPSA) is 114 Å². The second-order valence-corrected chi connectivity index (χ2v) is 7.92. The molecule has 2 heterocycles. The van der Waals surface area contributed by atoms with E-state index < -0.39 is 10.0 Å². The summed E-state index contributed by atoms with van der Waals surface area (Å²) >= 11 is 0. The largest absolute Gasteiger partial charge is 0.377 e. The van der Waals surface area contributed by atoms with Gasteiger partial charge in [0.1, 0.15) is 0 Å². The van der Waals surface area contributed by atoms with E-state index in [1.165, 1.54) is 0 Å². The van der Waals surface area contributed by atoms with E-state index in [4.69, 9.17) is 4.74 Å². The van der Waals surface area contributed by atoms with E-state index in [0.29, 0.717) is 24.9 Å². The molecule has 2 N–H and O–H groups in total. The lowest BCUT2D eigenvalue weighted by Gasteiger charge is -2.35. The first-order valence-corrected chi connectivity index (χ1v) is 9.75. The molecule has 2 aliphatic rings. The van der Waals surface area contributed by atoms with Crippen molar-refractivity contribution < 1.29 is 17.9 Å². The Morgan fingerprint density at radius 3 is 2.79 bits per heavy atom. The standard InChI is InChI=1S/C14H21N5O4S/c1-24(21,22)15-8-11-9-23-7-6-19(11)14(20)16-13-5-4-12(17-18-13)10-2-3-10/h4-5,10-11,15H,2-3,6-9H2,1H3,(H,16,18,20). The molecule has 0 spiro atoms. The van der Waals surface area contributed by atoms with Crippen LogP contribution in [0.2, 0.25) is 0 Å². The molecular formula is C14H21N5O4S. The second kappa shape index (κ2) is 6.99. The van der Waals surface area contributed by atoms with Gasteiger partial charge in [-0.3, -0.25) is 5.32 Å². The molecule has 1 aliphatic carbocycles. The number of nitrogens with one attached hydrogen (secondary N) is 2. The average molecular weight is 355 g/mol. The number of amides is 2. The molecule has 1 saturated heterocycles. The number of nitrogens with zero attached hydrogens (tertiary/aromatic N) is 3. The monoisotopic (exact) mass is 355 g/mol. The van der Waals surface area contributed by atoms with Gasteiger partial charge in [0.2, 0.25) is 10.0 Å². The van der Waals surface area contributed by atoms with Crippen LogP contribution in [0.15, 0.2) is 12.1 Å². The van der Waals surface area contributed by atoms with E-state index in [1.807, 2.05) is 6.07 Å². The summed E-state index contributed by atoms with van der Waals surface area (Å²) < 4.78 is 30.2. The molecule has 1 atom stereocenters. The molecule has 1 saturated carbocycles. The van der Waals surface area contributed by atoms with Gasteiger partial charge in [0.25, 0.3) is 0 Å². The van der Waals surface area contributed by atoms with Gasteiger partial charge in [-0.15, -0.1) is 5.10 Å². The van der Waals surface area contributed by atoms with Crippen LogP contribution >= 0.6 is 0 Å². The molecule has 1 aromatic rings. The molecule has 10 heteroatoms. The van der Waals surface area contributed by atoms with Crippen LogP contribution in [-0.4, -0.2) is 68.1 Å². The van der Waals surface area contributed by atoms with Gasteiger partial charge in [0.05, 0.1) is 31.2 Å². The molecule has 24 heavy (non-hydrogen) atoms. The van der Waals surface area contributed by atoms with Crippen LogP contribution in [0.3, 0.4) is 0 Å². The van der Waals surface area contributed by atoms with Crippen molar-refractivity contribution in [2.24, 2.45) is 0 Å². The van der Waals surface area contributed by atoms with Crippen molar-refractivity contribution in [1.29, 1.82) is 0 Å². The number of morpholine rings is 1. The maximum Gasteiger partial charge on any atom is 0.323 e. The summed E-state index contributed by atoms with van der Waals surface area (Å²) in [5, 5.41) is 10.9. The zero-order chi connectivity index (χ0) is 17.2. The molecule has 1 aliphatic heterocycles. The number of aromatic nitrogens is 2. The Kier molecular flexibility index (Phi) is 4.97. The van der Waals surface area contributed by atoms with Crippen LogP contribution in [-0.2, 0) is 14.8 Å². The molecule has 0 aromatic carbocycles. The van der Waals surface area contributed by atoms with Crippen molar-refractivity contribution in [3.63, 3.8) is 0 Å². The number of hydrogen-bond acceptors (Lipinski definition) is 6. The number of carbonyl (C=O) groups is 1. The molecular weight excluding hydrogens is 334 g/mol. The summed E-state index contributed by atoms with van der Waals surface area (Å²) in [6.07, 6.45) is 3.37. The molecule has 1 aromatic heterocycles. The molecule has 3 rings (SSSR count). The Labute approximate surface area is 140 Å². The van der Waals surface area contributed by atoms with Gasteiger partial charge in [-0.05, 0) is 25.0 Å². The number of urea groups is 1. The highest BCUT2D eigenvalue weighted by atomic mass is 32.2. The number of ether oxygens (including phenoxy) is 1. The van der Waals surface area contributed by atoms with Crippen LogP contribution in [0.4, 0.5) is 10.6 Å². The van der Waals surface area contributed by atoms with Crippen molar-refractivity contribution in [2.75, 3.05) is 37.9 Å². The zero-order valence-electron chi connectivity index (χ0n) is 13.4. The number of hydrogen-bond donors (Lipinski definition) is 2. The van der Waals surface area contributed by atoms with Crippen molar-refractivity contribution >= 4 is 21.9 Å². The summed E-state index contributed by atoms with van der Waals surface area (Å²) in [6, 6.07) is 2.91. The van der Waals surface area contributed by atoms with Crippen molar-refractivity contribution in [1.82, 2.24) is 19.8 Å². The number of carbonyl (C=O) groups excluding carboxylic acids is 1. The van der Waals surface area contributed by atoms with Crippen LogP contribution in [0.1, 0.15) is 24.5 Å². The molecule has 2 amide bonds. The van der Waals surface area contributed by atoms with E-state index in [0.717, 1.165) is 24.8 Å². The van der Waals surface area contributed by atoms with Crippen LogP contribution < -0.4 is 10.0 Å². The first-order valence-electron chi connectivity index (χ1n) is 7.86. The van der Waals surface area contributed by atoms with Crippen LogP contribution in [0.5, 0.6) is 0 Å². The maximum absolute atomic E-state index is 12.4. The highest BCUT2D eigenvalue weighted by molar-refractivity contribution is 7.88. The van der Waals surface area contributed by atoms with E-state index in [2.05, 4.69) is 20.2 Å². The zero-order valence-corrected chi connectivity index (χ0v) is 14.3. The summed E-state index contributed by atoms with van der Waals surface area (Å²) in [5.41, 5.74) is 0.953. The number of sulfonamides is 1. The van der Waals surface area contributed by atoms with E-state index >= 15 is 0 Å². The normalized spacial score (nSPS) is 21.5. The lowest BCUT2D eigenvalue weighted by atomic mass is 10.2. The minimum absolute atomic E-state index is 0.110. The minimum atomic E-state index is -3.32. The predicted octanol–water partition coefficient (Wildman–Crippen LogP) is 0.136. The quantitative estimate of drug-likeness (QED) is 0.776. The first kappa shape index (κ1) is 17.1. The first-order chi connectivity index (χ1) is 11.4. The van der Waals surface area contributed by atoms with Gasteiger partial charge in [0, 0.05) is 19.0 Å². The molecule has 9 nitrogen and oxygen atoms in total. The number of rotatable bonds is 5. The number of anilines is 1. The predicted molar refractivity (Wildman–Crippen MR) is 87.2 cm³/mol. The Morgan fingerprint density at radius 2 is 2.17 bits per heavy atom. The fourth-order valence-corrected chi connectivity index (χ4v) is 3.02. The highest BCUT2D eigenvalue weighted by Gasteiger charge is 2.29. The molecule has 2 fully saturated rings. The molecule has 132 valence electrons. The summed E-state index contributed by atoms with van der Waals surface area (Å²) in [6.45, 7) is 1.19. The smallest absolute Gasteiger partial charge is 0.323 e. The summed E-state index contributed by atoms with van der Waals surface area (Å²) in [7, 11) is -3.32. The van der Waals surface area contributed by atoms with Gasteiger partial charge >= 0.3 is 6.03 Å². The molecule has 0 radical (unpaired) electrons. The minimum Gasteiger partial charge on any atom is -0.377 e. The van der Waals surface area contributed by atoms with Crippen molar-refractivity contribution in [3.8, 4) is 0 Å². The Balaban J connectivity index is 1.60. The fourth-order valence-electron chi connectivity index (χ4n) is 2.53. The van der Waals surface area contributed by atoms with Crippen molar-refractivity contribution in [3.05, 3.63) is 17.8 Å². The fraction of sp³-hybridized carbons (Fsp3) is 0.643. The molecule has 1 unspecified atom stereocenters. The van der Waals surface area contributed by atoms with Crippen LogP contribution in [0, 0.1) is 0 Å². The van der Waals surface area contributed by atoms with Crippen molar-refractivity contribution in [2.45, 2.75) is 24.8 Å². The Hall–Kier alpha value is -1.78. The Bertz CT molecular complexity index is 690. The van der Waals surface area contributed by atoms with Crippen LogP contribution in [0.25, 0.3) is 0 Å². The van der Waals surface area contributed by atoms with E-state index in [-0.39, 0.29) is 25.2 Å². The maximum atomic E-state index is 12.4. The van der Waals surface area contributed by atoms with Gasteiger partial charge in [0.15, 0.2) is 5.82 Å². The lowest BCUT2D eigenvalue weighted by molar-refractivity contribution is 0.0176. The SMILES string of the molecule is CS(=O)(=O)NCC1COCCN1C(=O)Nc1ccc(C2CC2)nn1. The third kappa shape index (κ3) is 4.62. The van der Waals surface area contributed by atoms with E-state index in [9.17, 15) is 13.2 Å². The van der Waals surface area contributed by atoms with Gasteiger partial charge in [-0.1, -0.05) is 0 Å². The Morgan fingerprint density at radius 1 is 1.38 bits per heavy atom. The molecule has 0 bridgehead atoms. The highest BCUT2D eigenvalue weighted by Crippen LogP contribution is 2.38. The second-order valence-electron chi connectivity index (χ2n) is 6.09. The van der Waals surface area contributed by atoms with Gasteiger partial charge < -0.3 is 9.64 Å². The third-order valence-corrected chi connectivity index (χ3v) is 4.68. The third-order valence-electron chi connectivity index (χ3n) is 3.99. The average Bonchev–Trinajstić information content (AvgIpc) is 3.38. The summed E-state index contributed by atoms with van der Waals surface area (Å²) in [5.74, 6) is 0.888. The lowest BCUT2D eigenvalue weighted by Crippen LogP contribution is -2.54. The van der Waals surface area contributed by atoms with Gasteiger partial charge in [-0.2, -0.15) is 5.10 Å². The van der Waals surface area contributed by atoms with Gasteiger partial charge in [-0.25, -0.2) is 17.9 Å². The van der Waals surface area contributed by atoms with E-state index in [1.54, 1.807) is 11.0 Å².